The average Bonchev–Trinajstić information content (AvgIpc) is 2.24. The Morgan fingerprint density at radius 1 is 1.29 bits per heavy atom. The van der Waals surface area contributed by atoms with E-state index in [9.17, 15) is 4.55 Å². The van der Waals surface area contributed by atoms with Gasteiger partial charge in [0.25, 0.3) is 0 Å². The molecule has 0 amide bonds. The Bertz CT molecular complexity index is 406. The van der Waals surface area contributed by atoms with Gasteiger partial charge in [-0.2, -0.15) is 0 Å². The van der Waals surface area contributed by atoms with Crippen molar-refractivity contribution in [1.82, 2.24) is 0 Å². The maximum atomic E-state index is 12.8. The summed E-state index contributed by atoms with van der Waals surface area (Å²) in [7, 11) is -2.33. The van der Waals surface area contributed by atoms with E-state index in [-0.39, 0.29) is 42.5 Å². The molecule has 17 heavy (non-hydrogen) atoms. The molecule has 1 aromatic carbocycles. The molecule has 82 valence electrons. The molecule has 0 radical (unpaired) electrons. The fourth-order valence-corrected chi connectivity index (χ4v) is 4.14. The van der Waals surface area contributed by atoms with Gasteiger partial charge in [-0.05, 0) is 26.7 Å². The Balaban J connectivity index is 0.00000128. The zero-order valence-corrected chi connectivity index (χ0v) is 11.9. The van der Waals surface area contributed by atoms with Gasteiger partial charge in [0.15, 0.2) is 0 Å². The van der Waals surface area contributed by atoms with Crippen molar-refractivity contribution in [2.75, 3.05) is 6.54 Å². The molecule has 0 aliphatic carbocycles. The van der Waals surface area contributed by atoms with E-state index >= 15 is 0 Å². The van der Waals surface area contributed by atoms with E-state index in [2.05, 4.69) is 16.5 Å². The second-order valence-corrected chi connectivity index (χ2v) is 7.21. The van der Waals surface area contributed by atoms with Crippen LogP contribution in [0.25, 0.3) is 0 Å². The van der Waals surface area contributed by atoms with Crippen LogP contribution in [0.15, 0.2) is 27.5 Å². The maximum absolute atomic E-state index is 12.8. The smallest absolute Gasteiger partial charge is 0.629 e. The van der Waals surface area contributed by atoms with Crippen molar-refractivity contribution >= 4 is 10.1 Å². The van der Waals surface area contributed by atoms with Crippen molar-refractivity contribution in [2.45, 2.75) is 36.3 Å². The minimum atomic E-state index is -2.33. The summed E-state index contributed by atoms with van der Waals surface area (Å²) in [4.78, 5) is 0.634. The van der Waals surface area contributed by atoms with Crippen LogP contribution in [0.4, 0.5) is 0 Å². The van der Waals surface area contributed by atoms with Crippen LogP contribution in [-0.2, 0) is 10.1 Å². The quantitative estimate of drug-likeness (QED) is 0.285. The number of hydrogen-bond acceptors (Lipinski definition) is 2. The van der Waals surface area contributed by atoms with Gasteiger partial charge in [0.05, 0.1) is 6.54 Å². The van der Waals surface area contributed by atoms with E-state index in [1.165, 1.54) is 0 Å². The fraction of sp³-hybridized carbons (Fsp3) is 0.500. The van der Waals surface area contributed by atoms with Gasteiger partial charge in [-0.25, -0.2) is 0 Å². The summed E-state index contributed by atoms with van der Waals surface area (Å²) in [5, 5.41) is 0. The SMILES string of the molecule is CC1(C)CCCN=[S+]1([O-])c1[c-]ccc[c-]1.[Li+].[Li+]. The number of nitrogens with zero attached hydrogens (tertiary/aromatic N) is 1. The van der Waals surface area contributed by atoms with Crippen LogP contribution in [0.3, 0.4) is 0 Å². The van der Waals surface area contributed by atoms with Crippen LogP contribution in [-0.4, -0.2) is 15.8 Å². The topological polar surface area (TPSA) is 35.4 Å². The van der Waals surface area contributed by atoms with Crippen LogP contribution < -0.4 is 37.7 Å². The maximum Gasteiger partial charge on any atom is 1.00 e. The first-order valence-electron chi connectivity index (χ1n) is 5.17. The Morgan fingerprint density at radius 2 is 1.88 bits per heavy atom. The summed E-state index contributed by atoms with van der Waals surface area (Å²) >= 11 is 0. The molecule has 0 N–H and O–H groups in total. The van der Waals surface area contributed by atoms with Crippen LogP contribution >= 0.6 is 0 Å². The third-order valence-electron chi connectivity index (χ3n) is 2.86. The van der Waals surface area contributed by atoms with E-state index in [1.807, 2.05) is 19.9 Å². The summed E-state index contributed by atoms with van der Waals surface area (Å²) in [5.41, 5.74) is 0. The monoisotopic (exact) mass is 235 g/mol. The molecule has 0 aromatic heterocycles. The Hall–Kier alpha value is 0.525. The van der Waals surface area contributed by atoms with E-state index < -0.39 is 10.1 Å². The van der Waals surface area contributed by atoms with Gasteiger partial charge in [-0.1, -0.05) is 10.1 Å². The zero-order valence-electron chi connectivity index (χ0n) is 11.1. The summed E-state index contributed by atoms with van der Waals surface area (Å²) in [6.07, 6.45) is 1.97. The predicted molar refractivity (Wildman–Crippen MR) is 61.1 cm³/mol. The molecule has 0 saturated heterocycles. The van der Waals surface area contributed by atoms with Gasteiger partial charge < -0.3 is 16.7 Å². The van der Waals surface area contributed by atoms with Crippen molar-refractivity contribution in [3.63, 3.8) is 0 Å². The van der Waals surface area contributed by atoms with Crippen LogP contribution in [0, 0.1) is 12.1 Å². The van der Waals surface area contributed by atoms with E-state index in [4.69, 9.17) is 0 Å². The largest absolute Gasteiger partial charge is 1.00 e. The van der Waals surface area contributed by atoms with Crippen LogP contribution in [0.5, 0.6) is 0 Å². The van der Waals surface area contributed by atoms with Gasteiger partial charge >= 0.3 is 37.7 Å². The predicted octanol–water partition coefficient (Wildman–Crippen LogP) is -3.31. The molecule has 1 aliphatic heterocycles. The standard InChI is InChI=1S/C12H15NOS.2Li/c1-12(2)9-6-10-13-15(12,14)11-7-4-3-5-8-11;;/h3-5H,6,9-10H2,1-2H3;;/q-2;2*+1. The Morgan fingerprint density at radius 3 is 2.41 bits per heavy atom. The fourth-order valence-electron chi connectivity index (χ4n) is 1.85. The van der Waals surface area contributed by atoms with Crippen molar-refractivity contribution < 1.29 is 42.3 Å². The Labute approximate surface area is 129 Å². The number of rotatable bonds is 1. The van der Waals surface area contributed by atoms with Gasteiger partial charge in [0.2, 0.25) is 0 Å². The molecule has 1 aromatic rings. The average molecular weight is 235 g/mol. The van der Waals surface area contributed by atoms with Gasteiger partial charge in [-0.3, -0.25) is 18.2 Å². The molecule has 2 rings (SSSR count). The van der Waals surface area contributed by atoms with Crippen molar-refractivity contribution in [2.24, 2.45) is 4.36 Å². The third kappa shape index (κ3) is 3.30. The first kappa shape index (κ1) is 17.5. The van der Waals surface area contributed by atoms with Gasteiger partial charge in [0.1, 0.15) is 4.75 Å². The van der Waals surface area contributed by atoms with Crippen molar-refractivity contribution in [1.29, 1.82) is 0 Å². The van der Waals surface area contributed by atoms with E-state index in [1.54, 1.807) is 12.1 Å². The summed E-state index contributed by atoms with van der Waals surface area (Å²) in [5.74, 6) is 0. The van der Waals surface area contributed by atoms with E-state index in [0.29, 0.717) is 11.4 Å². The zero-order chi connectivity index (χ0) is 10.9. The molecule has 2 nitrogen and oxygen atoms in total. The molecule has 0 saturated carbocycles. The summed E-state index contributed by atoms with van der Waals surface area (Å²) in [6, 6.07) is 11.4. The minimum Gasteiger partial charge on any atom is -0.629 e. The molecule has 1 aliphatic rings. The second kappa shape index (κ2) is 6.62. The first-order valence-corrected chi connectivity index (χ1v) is 6.69. The van der Waals surface area contributed by atoms with Crippen LogP contribution in [0.1, 0.15) is 26.7 Å². The molecule has 0 spiro atoms. The summed E-state index contributed by atoms with van der Waals surface area (Å²) < 4.78 is 16.9. The van der Waals surface area contributed by atoms with Gasteiger partial charge in [-0.15, -0.1) is 9.26 Å². The second-order valence-electron chi connectivity index (χ2n) is 4.39. The number of benzene rings is 1. The van der Waals surface area contributed by atoms with Crippen molar-refractivity contribution in [3.8, 4) is 0 Å². The first-order chi connectivity index (χ1) is 7.06. The number of hydrogen-bond donors (Lipinski definition) is 0. The van der Waals surface area contributed by atoms with Gasteiger partial charge in [0, 0.05) is 0 Å². The summed E-state index contributed by atoms with van der Waals surface area (Å²) in [6.45, 7) is 4.73. The molecule has 1 atom stereocenters. The molecular formula is C12H15Li2NOS. The molecule has 0 fully saturated rings. The molecule has 5 heteroatoms. The molecule has 0 bridgehead atoms. The third-order valence-corrected chi connectivity index (χ3v) is 5.89. The van der Waals surface area contributed by atoms with E-state index in [0.717, 1.165) is 12.8 Å². The Kier molecular flexibility index (Phi) is 6.83. The normalized spacial score (nSPS) is 26.1. The molecule has 1 unspecified atom stereocenters. The molecular weight excluding hydrogens is 220 g/mol. The molecule has 1 heterocycles. The van der Waals surface area contributed by atoms with Crippen molar-refractivity contribution in [3.05, 3.63) is 30.3 Å². The minimum absolute atomic E-state index is 0. The van der Waals surface area contributed by atoms with Crippen LogP contribution in [0.2, 0.25) is 0 Å².